The highest BCUT2D eigenvalue weighted by atomic mass is 127. The molecule has 1 rings (SSSR count). The lowest BCUT2D eigenvalue weighted by atomic mass is 10.2. The first kappa shape index (κ1) is 7.12. The van der Waals surface area contributed by atoms with E-state index in [9.17, 15) is 0 Å². The third-order valence-corrected chi connectivity index (χ3v) is 2.16. The summed E-state index contributed by atoms with van der Waals surface area (Å²) in [6, 6.07) is 2.03. The topological polar surface area (TPSA) is 13.1 Å². The molecule has 50 valence electrons. The Balaban J connectivity index is 2.69. The SMILES string of the molecule is CCCc1ccoc1I. The summed E-state index contributed by atoms with van der Waals surface area (Å²) in [4.78, 5) is 0. The van der Waals surface area contributed by atoms with Gasteiger partial charge in [-0.2, -0.15) is 0 Å². The van der Waals surface area contributed by atoms with Crippen molar-refractivity contribution >= 4 is 22.6 Å². The van der Waals surface area contributed by atoms with Gasteiger partial charge in [-0.05, 0) is 35.1 Å². The maximum Gasteiger partial charge on any atom is 0.166 e. The van der Waals surface area contributed by atoms with Gasteiger partial charge in [0.15, 0.2) is 3.77 Å². The molecule has 0 aromatic carbocycles. The highest BCUT2D eigenvalue weighted by Gasteiger charge is 1.98. The zero-order chi connectivity index (χ0) is 6.69. The van der Waals surface area contributed by atoms with Crippen LogP contribution in [0.25, 0.3) is 0 Å². The molecule has 0 aliphatic carbocycles. The van der Waals surface area contributed by atoms with Crippen LogP contribution in [0.5, 0.6) is 0 Å². The van der Waals surface area contributed by atoms with E-state index < -0.39 is 0 Å². The van der Waals surface area contributed by atoms with Crippen LogP contribution >= 0.6 is 22.6 Å². The van der Waals surface area contributed by atoms with E-state index in [0.29, 0.717) is 0 Å². The first-order valence-electron chi connectivity index (χ1n) is 3.06. The molecule has 1 heterocycles. The number of halogens is 1. The largest absolute Gasteiger partial charge is 0.458 e. The van der Waals surface area contributed by atoms with E-state index in [1.54, 1.807) is 6.26 Å². The second-order valence-corrected chi connectivity index (χ2v) is 2.95. The Bertz CT molecular complexity index is 181. The maximum atomic E-state index is 5.10. The highest BCUT2D eigenvalue weighted by molar-refractivity contribution is 14.1. The molecule has 0 saturated carbocycles. The van der Waals surface area contributed by atoms with Crippen LogP contribution in [0.3, 0.4) is 0 Å². The minimum absolute atomic E-state index is 1.04. The molecule has 0 spiro atoms. The molecular weight excluding hydrogens is 227 g/mol. The van der Waals surface area contributed by atoms with Crippen LogP contribution in [0.15, 0.2) is 16.7 Å². The minimum Gasteiger partial charge on any atom is -0.458 e. The quantitative estimate of drug-likeness (QED) is 0.719. The van der Waals surface area contributed by atoms with Gasteiger partial charge >= 0.3 is 0 Å². The molecule has 1 nitrogen and oxygen atoms in total. The minimum atomic E-state index is 1.04. The van der Waals surface area contributed by atoms with Crippen molar-refractivity contribution in [2.24, 2.45) is 0 Å². The fourth-order valence-electron chi connectivity index (χ4n) is 0.768. The van der Waals surface area contributed by atoms with Gasteiger partial charge in [-0.15, -0.1) is 0 Å². The standard InChI is InChI=1S/C7H9IO/c1-2-3-6-4-5-9-7(6)8/h4-5H,2-3H2,1H3. The van der Waals surface area contributed by atoms with Crippen molar-refractivity contribution in [2.45, 2.75) is 19.8 Å². The fourth-order valence-corrected chi connectivity index (χ4v) is 1.36. The van der Waals surface area contributed by atoms with Gasteiger partial charge in [-0.1, -0.05) is 13.3 Å². The summed E-state index contributed by atoms with van der Waals surface area (Å²) in [7, 11) is 0. The molecule has 0 unspecified atom stereocenters. The molecule has 0 fully saturated rings. The summed E-state index contributed by atoms with van der Waals surface area (Å²) < 4.78 is 6.14. The summed E-state index contributed by atoms with van der Waals surface area (Å²) in [5, 5.41) is 0. The van der Waals surface area contributed by atoms with E-state index >= 15 is 0 Å². The van der Waals surface area contributed by atoms with Gasteiger partial charge in [0, 0.05) is 5.56 Å². The first-order chi connectivity index (χ1) is 4.34. The van der Waals surface area contributed by atoms with Gasteiger partial charge in [0.1, 0.15) is 0 Å². The lowest BCUT2D eigenvalue weighted by molar-refractivity contribution is 0.533. The van der Waals surface area contributed by atoms with Crippen LogP contribution in [0.2, 0.25) is 0 Å². The normalized spacial score (nSPS) is 10.0. The van der Waals surface area contributed by atoms with Crippen LogP contribution in [0.1, 0.15) is 18.9 Å². The van der Waals surface area contributed by atoms with Crippen molar-refractivity contribution in [3.05, 3.63) is 21.7 Å². The molecule has 1 aromatic heterocycles. The molecule has 0 atom stereocenters. The van der Waals surface area contributed by atoms with E-state index in [-0.39, 0.29) is 0 Å². The average Bonchev–Trinajstić information content (AvgIpc) is 2.18. The van der Waals surface area contributed by atoms with Gasteiger partial charge in [0.25, 0.3) is 0 Å². The number of rotatable bonds is 2. The monoisotopic (exact) mass is 236 g/mol. The maximum absolute atomic E-state index is 5.10. The molecule has 9 heavy (non-hydrogen) atoms. The molecule has 0 aliphatic rings. The summed E-state index contributed by atoms with van der Waals surface area (Å²) >= 11 is 2.21. The Labute approximate surface area is 68.6 Å². The van der Waals surface area contributed by atoms with Crippen LogP contribution in [-0.4, -0.2) is 0 Å². The van der Waals surface area contributed by atoms with Crippen LogP contribution in [-0.2, 0) is 6.42 Å². The van der Waals surface area contributed by atoms with E-state index in [0.717, 1.165) is 10.2 Å². The lowest BCUT2D eigenvalue weighted by Crippen LogP contribution is -1.79. The van der Waals surface area contributed by atoms with Gasteiger partial charge in [0.05, 0.1) is 6.26 Å². The molecule has 0 bridgehead atoms. The molecule has 2 heteroatoms. The zero-order valence-electron chi connectivity index (χ0n) is 5.36. The lowest BCUT2D eigenvalue weighted by Gasteiger charge is -1.89. The molecular formula is C7H9IO. The average molecular weight is 236 g/mol. The number of aryl methyl sites for hydroxylation is 1. The van der Waals surface area contributed by atoms with Crippen molar-refractivity contribution in [1.29, 1.82) is 0 Å². The molecule has 0 N–H and O–H groups in total. The third kappa shape index (κ3) is 1.71. The van der Waals surface area contributed by atoms with Crippen molar-refractivity contribution in [3.8, 4) is 0 Å². The third-order valence-electron chi connectivity index (χ3n) is 1.21. The van der Waals surface area contributed by atoms with Crippen molar-refractivity contribution < 1.29 is 4.42 Å². The molecule has 0 saturated heterocycles. The Hall–Kier alpha value is 0.01000. The summed E-state index contributed by atoms with van der Waals surface area (Å²) in [5.41, 5.74) is 1.33. The Kier molecular flexibility index (Phi) is 2.57. The van der Waals surface area contributed by atoms with E-state index in [1.807, 2.05) is 6.07 Å². The van der Waals surface area contributed by atoms with Crippen molar-refractivity contribution in [2.75, 3.05) is 0 Å². The Morgan fingerprint density at radius 3 is 2.89 bits per heavy atom. The van der Waals surface area contributed by atoms with E-state index in [1.165, 1.54) is 12.0 Å². The van der Waals surface area contributed by atoms with Gasteiger partial charge in [0.2, 0.25) is 0 Å². The van der Waals surface area contributed by atoms with Crippen molar-refractivity contribution in [3.63, 3.8) is 0 Å². The number of hydrogen-bond donors (Lipinski definition) is 0. The van der Waals surface area contributed by atoms with Gasteiger partial charge < -0.3 is 4.42 Å². The van der Waals surface area contributed by atoms with Crippen LogP contribution < -0.4 is 0 Å². The molecule has 0 aliphatic heterocycles. The summed E-state index contributed by atoms with van der Waals surface area (Å²) in [6.07, 6.45) is 4.07. The summed E-state index contributed by atoms with van der Waals surface area (Å²) in [6.45, 7) is 2.17. The predicted octanol–water partition coefficient (Wildman–Crippen LogP) is 2.84. The van der Waals surface area contributed by atoms with Crippen molar-refractivity contribution in [1.82, 2.24) is 0 Å². The molecule has 0 amide bonds. The van der Waals surface area contributed by atoms with Gasteiger partial charge in [-0.3, -0.25) is 0 Å². The smallest absolute Gasteiger partial charge is 0.166 e. The van der Waals surface area contributed by atoms with Crippen LogP contribution in [0, 0.1) is 3.77 Å². The van der Waals surface area contributed by atoms with E-state index in [2.05, 4.69) is 29.5 Å². The zero-order valence-corrected chi connectivity index (χ0v) is 7.51. The molecule has 1 aromatic rings. The molecule has 0 radical (unpaired) electrons. The Morgan fingerprint density at radius 1 is 1.67 bits per heavy atom. The Morgan fingerprint density at radius 2 is 2.44 bits per heavy atom. The number of hydrogen-bond acceptors (Lipinski definition) is 1. The second-order valence-electron chi connectivity index (χ2n) is 1.97. The van der Waals surface area contributed by atoms with Crippen LogP contribution in [0.4, 0.5) is 0 Å². The summed E-state index contributed by atoms with van der Waals surface area (Å²) in [5.74, 6) is 0. The predicted molar refractivity (Wildman–Crippen MR) is 45.4 cm³/mol. The van der Waals surface area contributed by atoms with E-state index in [4.69, 9.17) is 4.42 Å². The fraction of sp³-hybridized carbons (Fsp3) is 0.429. The number of furan rings is 1. The van der Waals surface area contributed by atoms with Gasteiger partial charge in [-0.25, -0.2) is 0 Å². The second kappa shape index (κ2) is 3.25. The first-order valence-corrected chi connectivity index (χ1v) is 4.14. The highest BCUT2D eigenvalue weighted by Crippen LogP contribution is 2.14.